The van der Waals surface area contributed by atoms with Crippen molar-refractivity contribution in [1.82, 2.24) is 15.1 Å². The monoisotopic (exact) mass is 302 g/mol. The van der Waals surface area contributed by atoms with Gasteiger partial charge in [0.05, 0.1) is 18.4 Å². The summed E-state index contributed by atoms with van der Waals surface area (Å²) in [5.74, 6) is 1.97. The maximum Gasteiger partial charge on any atom is 0.151 e. The summed E-state index contributed by atoms with van der Waals surface area (Å²) in [5, 5.41) is 8.56. The van der Waals surface area contributed by atoms with Gasteiger partial charge in [-0.1, -0.05) is 0 Å². The largest absolute Gasteiger partial charge is 0.375 e. The Hall–Kier alpha value is -1.20. The average Bonchev–Trinajstić information content (AvgIpc) is 3.35. The van der Waals surface area contributed by atoms with Crippen molar-refractivity contribution in [3.05, 3.63) is 17.8 Å². The third kappa shape index (κ3) is 3.10. The van der Waals surface area contributed by atoms with Gasteiger partial charge >= 0.3 is 0 Å². The summed E-state index contributed by atoms with van der Waals surface area (Å²) in [5.41, 5.74) is 0.978. The lowest BCUT2D eigenvalue weighted by molar-refractivity contribution is -0.0726. The molecule has 1 aliphatic carbocycles. The number of nitrogens with zero attached hydrogens (tertiary/aromatic N) is 4. The van der Waals surface area contributed by atoms with Gasteiger partial charge in [-0.2, -0.15) is 5.10 Å². The van der Waals surface area contributed by atoms with E-state index in [9.17, 15) is 0 Å². The van der Waals surface area contributed by atoms with Gasteiger partial charge in [0.25, 0.3) is 0 Å². The van der Waals surface area contributed by atoms with Crippen LogP contribution in [0, 0.1) is 12.8 Å². The number of fused-ring (bicyclic) bond motifs is 1. The molecule has 0 aromatic carbocycles. The number of hydrogen-bond acceptors (Lipinski definition) is 5. The zero-order valence-electron chi connectivity index (χ0n) is 13.4. The first-order valence-electron chi connectivity index (χ1n) is 8.70. The van der Waals surface area contributed by atoms with Gasteiger partial charge in [0.2, 0.25) is 0 Å². The van der Waals surface area contributed by atoms with Crippen LogP contribution in [0.15, 0.2) is 12.1 Å². The van der Waals surface area contributed by atoms with E-state index in [-0.39, 0.29) is 0 Å². The Morgan fingerprint density at radius 1 is 1.09 bits per heavy atom. The minimum atomic E-state index is 0.399. The summed E-state index contributed by atoms with van der Waals surface area (Å²) in [4.78, 5) is 5.08. The molecule has 2 unspecified atom stereocenters. The Balaban J connectivity index is 1.44. The zero-order valence-corrected chi connectivity index (χ0v) is 13.4. The van der Waals surface area contributed by atoms with Gasteiger partial charge in [-0.15, -0.1) is 5.10 Å². The fourth-order valence-corrected chi connectivity index (χ4v) is 3.81. The van der Waals surface area contributed by atoms with Crippen molar-refractivity contribution in [1.29, 1.82) is 0 Å². The van der Waals surface area contributed by atoms with E-state index in [2.05, 4.69) is 32.1 Å². The lowest BCUT2D eigenvalue weighted by Gasteiger charge is -2.40. The number of morpholine rings is 1. The summed E-state index contributed by atoms with van der Waals surface area (Å²) in [6, 6.07) is 4.74. The van der Waals surface area contributed by atoms with E-state index in [4.69, 9.17) is 4.74 Å². The lowest BCUT2D eigenvalue weighted by atomic mass is 10.0. The number of hydrogen-bond donors (Lipinski definition) is 0. The minimum Gasteiger partial charge on any atom is -0.375 e. The smallest absolute Gasteiger partial charge is 0.151 e. The molecule has 2 atom stereocenters. The van der Waals surface area contributed by atoms with Crippen LogP contribution in [-0.4, -0.2) is 60.0 Å². The van der Waals surface area contributed by atoms with E-state index in [1.54, 1.807) is 0 Å². The molecule has 1 aromatic rings. The maximum absolute atomic E-state index is 6.09. The number of ether oxygens (including phenoxy) is 1. The summed E-state index contributed by atoms with van der Waals surface area (Å²) in [7, 11) is 0. The predicted molar refractivity (Wildman–Crippen MR) is 86.0 cm³/mol. The minimum absolute atomic E-state index is 0.399. The van der Waals surface area contributed by atoms with Crippen LogP contribution in [0.2, 0.25) is 0 Å². The van der Waals surface area contributed by atoms with Gasteiger partial charge in [0.1, 0.15) is 0 Å². The van der Waals surface area contributed by atoms with Gasteiger partial charge in [-0.25, -0.2) is 0 Å². The van der Waals surface area contributed by atoms with E-state index >= 15 is 0 Å². The molecule has 0 spiro atoms. The molecule has 2 saturated heterocycles. The van der Waals surface area contributed by atoms with Gasteiger partial charge in [0, 0.05) is 32.2 Å². The summed E-state index contributed by atoms with van der Waals surface area (Å²) in [6.07, 6.45) is 5.53. The molecule has 120 valence electrons. The summed E-state index contributed by atoms with van der Waals surface area (Å²) < 4.78 is 6.09. The molecular formula is C17H26N4O. The molecule has 5 heteroatoms. The van der Waals surface area contributed by atoms with E-state index in [1.807, 2.05) is 6.92 Å². The molecule has 4 rings (SSSR count). The van der Waals surface area contributed by atoms with Crippen molar-refractivity contribution in [2.45, 2.75) is 44.8 Å². The highest BCUT2D eigenvalue weighted by atomic mass is 16.5. The van der Waals surface area contributed by atoms with E-state index in [0.29, 0.717) is 12.1 Å². The van der Waals surface area contributed by atoms with E-state index in [1.165, 1.54) is 25.8 Å². The SMILES string of the molecule is Cc1ccc(N2CCC3OCCN(CC4CC4)C3CC2)nn1. The first-order valence-corrected chi connectivity index (χ1v) is 8.70. The van der Waals surface area contributed by atoms with Crippen LogP contribution in [0.5, 0.6) is 0 Å². The zero-order chi connectivity index (χ0) is 14.9. The molecule has 22 heavy (non-hydrogen) atoms. The van der Waals surface area contributed by atoms with E-state index < -0.39 is 0 Å². The summed E-state index contributed by atoms with van der Waals surface area (Å²) >= 11 is 0. The van der Waals surface area contributed by atoms with Crippen LogP contribution < -0.4 is 4.90 Å². The maximum atomic E-state index is 6.09. The molecule has 0 amide bonds. The standard InChI is InChI=1S/C17H26N4O/c1-13-2-5-17(19-18-13)20-8-6-15-16(7-9-20)22-11-10-21(15)12-14-3-4-14/h2,5,14-16H,3-4,6-12H2,1H3. The number of aromatic nitrogens is 2. The fourth-order valence-electron chi connectivity index (χ4n) is 3.81. The molecule has 3 heterocycles. The van der Waals surface area contributed by atoms with Crippen LogP contribution in [0.1, 0.15) is 31.4 Å². The predicted octanol–water partition coefficient (Wildman–Crippen LogP) is 1.86. The highest BCUT2D eigenvalue weighted by Gasteiger charge is 2.37. The fraction of sp³-hybridized carbons (Fsp3) is 0.765. The molecule has 5 nitrogen and oxygen atoms in total. The number of aryl methyl sites for hydroxylation is 1. The van der Waals surface area contributed by atoms with Crippen molar-refractivity contribution in [3.63, 3.8) is 0 Å². The quantitative estimate of drug-likeness (QED) is 0.852. The topological polar surface area (TPSA) is 41.5 Å². The van der Waals surface area contributed by atoms with Gasteiger partial charge in [0.15, 0.2) is 5.82 Å². The second kappa shape index (κ2) is 6.13. The molecule has 3 fully saturated rings. The van der Waals surface area contributed by atoms with Crippen LogP contribution in [-0.2, 0) is 4.74 Å². The third-order valence-electron chi connectivity index (χ3n) is 5.28. The van der Waals surface area contributed by atoms with Gasteiger partial charge in [-0.3, -0.25) is 4.90 Å². The third-order valence-corrected chi connectivity index (χ3v) is 5.28. The second-order valence-corrected chi connectivity index (χ2v) is 7.01. The van der Waals surface area contributed by atoms with Crippen molar-refractivity contribution in [3.8, 4) is 0 Å². The Kier molecular flexibility index (Phi) is 4.01. The van der Waals surface area contributed by atoms with Gasteiger partial charge < -0.3 is 9.64 Å². The van der Waals surface area contributed by atoms with E-state index in [0.717, 1.165) is 50.1 Å². The molecule has 2 aliphatic heterocycles. The first-order chi connectivity index (χ1) is 10.8. The van der Waals surface area contributed by atoms with Crippen molar-refractivity contribution in [2.24, 2.45) is 5.92 Å². The Bertz CT molecular complexity index is 502. The van der Waals surface area contributed by atoms with Crippen molar-refractivity contribution < 1.29 is 4.74 Å². The molecule has 0 radical (unpaired) electrons. The van der Waals surface area contributed by atoms with Gasteiger partial charge in [-0.05, 0) is 50.7 Å². The Labute approximate surface area is 132 Å². The normalized spacial score (nSPS) is 30.0. The second-order valence-electron chi connectivity index (χ2n) is 7.01. The van der Waals surface area contributed by atoms with Crippen molar-refractivity contribution >= 4 is 5.82 Å². The summed E-state index contributed by atoms with van der Waals surface area (Å²) in [6.45, 7) is 7.37. The molecule has 1 aromatic heterocycles. The van der Waals surface area contributed by atoms with Crippen LogP contribution in [0.3, 0.4) is 0 Å². The highest BCUT2D eigenvalue weighted by molar-refractivity contribution is 5.37. The van der Waals surface area contributed by atoms with Crippen LogP contribution >= 0.6 is 0 Å². The number of anilines is 1. The Morgan fingerprint density at radius 2 is 1.95 bits per heavy atom. The van der Waals surface area contributed by atoms with Crippen LogP contribution in [0.25, 0.3) is 0 Å². The molecule has 0 N–H and O–H groups in total. The highest BCUT2D eigenvalue weighted by Crippen LogP contribution is 2.33. The molecule has 0 bridgehead atoms. The lowest BCUT2D eigenvalue weighted by Crippen LogP contribution is -2.51. The number of rotatable bonds is 3. The first kappa shape index (κ1) is 14.4. The molecular weight excluding hydrogens is 276 g/mol. The Morgan fingerprint density at radius 3 is 2.73 bits per heavy atom. The van der Waals surface area contributed by atoms with Crippen LogP contribution in [0.4, 0.5) is 5.82 Å². The average molecular weight is 302 g/mol. The molecule has 1 saturated carbocycles. The molecule has 3 aliphatic rings. The van der Waals surface area contributed by atoms with Crippen molar-refractivity contribution in [2.75, 3.05) is 37.7 Å².